The highest BCUT2D eigenvalue weighted by atomic mass is 28.4. The van der Waals surface area contributed by atoms with Gasteiger partial charge in [0.05, 0.1) is 11.7 Å². The number of hydrogen-bond acceptors (Lipinski definition) is 3. The van der Waals surface area contributed by atoms with Crippen LogP contribution in [0, 0.1) is 0 Å². The first-order valence-corrected chi connectivity index (χ1v) is 15.3. The Kier molecular flexibility index (Phi) is 4.09. The fourth-order valence-electron chi connectivity index (χ4n) is 4.74. The van der Waals surface area contributed by atoms with E-state index in [0.717, 1.165) is 5.69 Å². The molecule has 1 aromatic heterocycles. The van der Waals surface area contributed by atoms with Gasteiger partial charge in [0, 0.05) is 11.7 Å². The van der Waals surface area contributed by atoms with Gasteiger partial charge >= 0.3 is 0 Å². The summed E-state index contributed by atoms with van der Waals surface area (Å²) in [5.74, 6) is 0.307. The summed E-state index contributed by atoms with van der Waals surface area (Å²) in [5, 5.41) is 0. The van der Waals surface area contributed by atoms with Gasteiger partial charge in [0.15, 0.2) is 0 Å². The van der Waals surface area contributed by atoms with Crippen molar-refractivity contribution in [2.75, 3.05) is 0 Å². The number of pyridine rings is 1. The van der Waals surface area contributed by atoms with Crippen LogP contribution in [-0.4, -0.2) is 48.1 Å². The normalized spacial score (nSPS) is 29.6. The summed E-state index contributed by atoms with van der Waals surface area (Å²) >= 11 is 0. The van der Waals surface area contributed by atoms with Gasteiger partial charge in [-0.25, -0.2) is 0 Å². The van der Waals surface area contributed by atoms with Crippen LogP contribution in [0.3, 0.4) is 0 Å². The van der Waals surface area contributed by atoms with Gasteiger partial charge < -0.3 is 9.13 Å². The number of carbonyl (C=O) groups is 1. The van der Waals surface area contributed by atoms with Crippen LogP contribution in [-0.2, 0) is 4.79 Å². The minimum absolute atomic E-state index is 0.00459. The van der Waals surface area contributed by atoms with Crippen molar-refractivity contribution in [3.05, 3.63) is 30.1 Å². The molecule has 0 spiro atoms. The fraction of sp³-hybridized carbons (Fsp3) is 0.667. The molecule has 3 rings (SSSR count). The second kappa shape index (κ2) is 5.51. The fourth-order valence-corrected chi connectivity index (χ4v) is 19.4. The van der Waals surface area contributed by atoms with E-state index in [0.29, 0.717) is 5.91 Å². The van der Waals surface area contributed by atoms with Gasteiger partial charge in [-0.05, 0) is 45.0 Å². The quantitative estimate of drug-likeness (QED) is 0.593. The van der Waals surface area contributed by atoms with E-state index in [9.17, 15) is 4.79 Å². The van der Waals surface area contributed by atoms with Crippen LogP contribution in [0.2, 0.25) is 38.3 Å². The Morgan fingerprint density at radius 1 is 1.04 bits per heavy atom. The van der Waals surface area contributed by atoms with Gasteiger partial charge in [0.2, 0.25) is 5.91 Å². The molecule has 1 aromatic rings. The highest BCUT2D eigenvalue weighted by Crippen LogP contribution is 2.49. The molecule has 2 saturated heterocycles. The van der Waals surface area contributed by atoms with E-state index in [1.807, 2.05) is 18.3 Å². The zero-order valence-corrected chi connectivity index (χ0v) is 18.1. The number of β-lactam (4-membered cyclic amide) rings is 1. The average molecular weight is 362 g/mol. The predicted molar refractivity (Wildman–Crippen MR) is 104 cm³/mol. The predicted octanol–water partition coefficient (Wildman–Crippen LogP) is 3.86. The topological polar surface area (TPSA) is 36.4 Å². The van der Waals surface area contributed by atoms with E-state index in [1.165, 1.54) is 12.1 Å². The molecule has 132 valence electrons. The Bertz CT molecular complexity index is 623. The first-order valence-electron chi connectivity index (χ1n) is 9.00. The molecule has 0 saturated carbocycles. The number of likely N-dealkylation sites (tertiary alicyclic amines) is 1. The van der Waals surface area contributed by atoms with E-state index in [1.54, 1.807) is 0 Å². The lowest BCUT2D eigenvalue weighted by Crippen LogP contribution is -2.76. The van der Waals surface area contributed by atoms with Crippen LogP contribution in [0.15, 0.2) is 24.4 Å². The highest BCUT2D eigenvalue weighted by molar-refractivity contribution is 6.95. The summed E-state index contributed by atoms with van der Waals surface area (Å²) in [6, 6.07) is 8.81. The molecule has 0 aromatic carbocycles. The lowest BCUT2D eigenvalue weighted by Gasteiger charge is -2.60. The van der Waals surface area contributed by atoms with Crippen LogP contribution in [0.1, 0.15) is 32.5 Å². The van der Waals surface area contributed by atoms with E-state index in [4.69, 9.17) is 0 Å². The zero-order valence-electron chi connectivity index (χ0n) is 16.1. The number of aromatic nitrogens is 1. The maximum absolute atomic E-state index is 13.3. The van der Waals surface area contributed by atoms with E-state index < -0.39 is 16.5 Å². The summed E-state index contributed by atoms with van der Waals surface area (Å²) in [6.07, 6.45) is 1.85. The smallest absolute Gasteiger partial charge is 0.242 e. The molecule has 6 heteroatoms. The van der Waals surface area contributed by atoms with Gasteiger partial charge in [-0.3, -0.25) is 9.78 Å². The van der Waals surface area contributed by atoms with E-state index in [2.05, 4.69) is 67.1 Å². The third-order valence-corrected chi connectivity index (χ3v) is 16.0. The van der Waals surface area contributed by atoms with Gasteiger partial charge in [-0.15, -0.1) is 0 Å². The summed E-state index contributed by atoms with van der Waals surface area (Å²) in [7, 11) is -3.05. The van der Waals surface area contributed by atoms with Crippen molar-refractivity contribution in [1.29, 1.82) is 0 Å². The Labute approximate surface area is 148 Å². The van der Waals surface area contributed by atoms with Gasteiger partial charge in [-0.1, -0.05) is 32.3 Å². The molecule has 2 atom stereocenters. The van der Waals surface area contributed by atoms with Crippen molar-refractivity contribution in [2.24, 2.45) is 0 Å². The van der Waals surface area contributed by atoms with Crippen molar-refractivity contribution < 1.29 is 4.79 Å². The number of nitrogens with zero attached hydrogens (tertiary/aromatic N) is 3. The molecule has 0 bridgehead atoms. The Morgan fingerprint density at radius 2 is 1.62 bits per heavy atom. The molecule has 0 radical (unpaired) electrons. The van der Waals surface area contributed by atoms with Gasteiger partial charge in [-0.2, -0.15) is 0 Å². The summed E-state index contributed by atoms with van der Waals surface area (Å²) in [4.78, 5) is 19.9. The first kappa shape index (κ1) is 17.8. The molecule has 0 aliphatic carbocycles. The monoisotopic (exact) mass is 361 g/mol. The Hall–Kier alpha value is -0.986. The van der Waals surface area contributed by atoms with E-state index in [-0.39, 0.29) is 17.6 Å². The van der Waals surface area contributed by atoms with Crippen LogP contribution in [0.4, 0.5) is 0 Å². The van der Waals surface area contributed by atoms with Crippen molar-refractivity contribution in [2.45, 2.75) is 76.7 Å². The summed E-state index contributed by atoms with van der Waals surface area (Å²) in [5.41, 5.74) is 0.867. The molecular formula is C18H31N3OSi2. The summed E-state index contributed by atoms with van der Waals surface area (Å²) < 4.78 is 2.74. The molecule has 3 heterocycles. The standard InChI is InChI=1S/C18H31N3OSi2/c1-18(2,3)20-15(14-10-8-9-11-19-14)16(17(20)22)21-23(4,5)12-13-24(21,6)7/h8-11,15-16H,12-13H2,1-7H3. The van der Waals surface area contributed by atoms with Gasteiger partial charge in [0.25, 0.3) is 0 Å². The highest BCUT2D eigenvalue weighted by Gasteiger charge is 2.62. The molecule has 2 fully saturated rings. The van der Waals surface area contributed by atoms with Crippen LogP contribution >= 0.6 is 0 Å². The zero-order chi connectivity index (χ0) is 17.9. The lowest BCUT2D eigenvalue weighted by atomic mass is 9.86. The number of hydrogen-bond donors (Lipinski definition) is 0. The lowest BCUT2D eigenvalue weighted by molar-refractivity contribution is -0.164. The first-order chi connectivity index (χ1) is 11.0. The van der Waals surface area contributed by atoms with Crippen molar-refractivity contribution >= 4 is 22.4 Å². The van der Waals surface area contributed by atoms with Crippen molar-refractivity contribution in [3.63, 3.8) is 0 Å². The molecule has 1 amide bonds. The Morgan fingerprint density at radius 3 is 2.08 bits per heavy atom. The second-order valence-corrected chi connectivity index (χ2v) is 19.2. The summed E-state index contributed by atoms with van der Waals surface area (Å²) in [6.45, 7) is 16.2. The largest absolute Gasteiger partial charge is 0.333 e. The SMILES string of the molecule is CC(C)(C)N1C(=O)C(N2[Si](C)(C)CC[Si]2(C)C)C1c1ccccn1. The van der Waals surface area contributed by atoms with Crippen LogP contribution < -0.4 is 0 Å². The molecule has 2 aliphatic heterocycles. The number of carbonyl (C=O) groups excluding carboxylic acids is 1. The number of amides is 1. The molecule has 2 aliphatic rings. The molecule has 24 heavy (non-hydrogen) atoms. The van der Waals surface area contributed by atoms with Crippen LogP contribution in [0.5, 0.6) is 0 Å². The third kappa shape index (κ3) is 2.68. The molecule has 2 unspecified atom stereocenters. The molecule has 0 N–H and O–H groups in total. The Balaban J connectivity index is 2.05. The van der Waals surface area contributed by atoms with Crippen molar-refractivity contribution in [1.82, 2.24) is 14.1 Å². The minimum Gasteiger partial charge on any atom is -0.333 e. The van der Waals surface area contributed by atoms with Crippen LogP contribution in [0.25, 0.3) is 0 Å². The number of rotatable bonds is 2. The maximum Gasteiger partial charge on any atom is 0.242 e. The third-order valence-electron chi connectivity index (χ3n) is 5.71. The minimum atomic E-state index is -1.52. The van der Waals surface area contributed by atoms with E-state index >= 15 is 0 Å². The molecule has 4 nitrogen and oxygen atoms in total. The second-order valence-electron chi connectivity index (χ2n) is 9.52. The average Bonchev–Trinajstić information content (AvgIpc) is 2.67. The maximum atomic E-state index is 13.3. The van der Waals surface area contributed by atoms with Gasteiger partial charge in [0.1, 0.15) is 22.5 Å². The van der Waals surface area contributed by atoms with Crippen molar-refractivity contribution in [3.8, 4) is 0 Å². The molecular weight excluding hydrogens is 330 g/mol.